The van der Waals surface area contributed by atoms with Crippen molar-refractivity contribution >= 4 is 29.6 Å². The van der Waals surface area contributed by atoms with Gasteiger partial charge in [0.25, 0.3) is 5.95 Å². The van der Waals surface area contributed by atoms with Crippen LogP contribution in [0.25, 0.3) is 0 Å². The van der Waals surface area contributed by atoms with E-state index in [-0.39, 0.29) is 23.4 Å². The largest absolute Gasteiger partial charge is 0.448 e. The number of nitrogens with zero attached hydrogens (tertiary/aromatic N) is 5. The fourth-order valence-corrected chi connectivity index (χ4v) is 2.92. The smallest absolute Gasteiger partial charge is 0.429 e. The number of rotatable bonds is 4. The molecular formula is C14H19ClN6O2. The van der Waals surface area contributed by atoms with Crippen molar-refractivity contribution in [1.82, 2.24) is 20.0 Å². The summed E-state index contributed by atoms with van der Waals surface area (Å²) in [4.78, 5) is 24.9. The summed E-state index contributed by atoms with van der Waals surface area (Å²) in [6, 6.07) is 0.114. The Morgan fingerprint density at radius 3 is 2.83 bits per heavy atom. The van der Waals surface area contributed by atoms with Crippen molar-refractivity contribution in [3.63, 3.8) is 0 Å². The number of halogens is 1. The average molecular weight is 339 g/mol. The van der Waals surface area contributed by atoms with E-state index in [2.05, 4.69) is 20.3 Å². The van der Waals surface area contributed by atoms with E-state index in [9.17, 15) is 4.79 Å². The van der Waals surface area contributed by atoms with Gasteiger partial charge in [0.1, 0.15) is 0 Å². The molecule has 1 aliphatic carbocycles. The third-order valence-corrected chi connectivity index (χ3v) is 3.74. The highest BCUT2D eigenvalue weighted by molar-refractivity contribution is 6.28. The van der Waals surface area contributed by atoms with Crippen LogP contribution in [0.5, 0.6) is 0 Å². The van der Waals surface area contributed by atoms with Gasteiger partial charge in [0.15, 0.2) is 0 Å². The second-order valence-electron chi connectivity index (χ2n) is 5.67. The molecule has 0 saturated carbocycles. The van der Waals surface area contributed by atoms with Crippen LogP contribution in [0.15, 0.2) is 12.2 Å². The van der Waals surface area contributed by atoms with Crippen molar-refractivity contribution in [1.29, 1.82) is 0 Å². The Hall–Kier alpha value is -2.09. The molecule has 1 N–H and O–H groups in total. The Morgan fingerprint density at radius 2 is 2.13 bits per heavy atom. The van der Waals surface area contributed by atoms with E-state index in [1.807, 2.05) is 26.0 Å². The number of aromatic nitrogens is 3. The first kappa shape index (κ1) is 15.8. The fourth-order valence-electron chi connectivity index (χ4n) is 2.77. The van der Waals surface area contributed by atoms with Crippen molar-refractivity contribution in [2.24, 2.45) is 0 Å². The summed E-state index contributed by atoms with van der Waals surface area (Å²) in [6.45, 7) is 6.03. The Morgan fingerprint density at radius 1 is 1.39 bits per heavy atom. The van der Waals surface area contributed by atoms with Crippen LogP contribution in [-0.2, 0) is 4.74 Å². The van der Waals surface area contributed by atoms with Crippen molar-refractivity contribution in [2.75, 3.05) is 16.9 Å². The quantitative estimate of drug-likeness (QED) is 0.843. The third kappa shape index (κ3) is 3.03. The van der Waals surface area contributed by atoms with Crippen LogP contribution in [0, 0.1) is 0 Å². The van der Waals surface area contributed by atoms with Crippen LogP contribution in [0.3, 0.4) is 0 Å². The summed E-state index contributed by atoms with van der Waals surface area (Å²) >= 11 is 6.02. The average Bonchev–Trinajstić information content (AvgIpc) is 3.06. The number of anilines is 2. The molecule has 0 radical (unpaired) electrons. The molecule has 2 aliphatic rings. The molecule has 1 aromatic heterocycles. The molecule has 1 fully saturated rings. The summed E-state index contributed by atoms with van der Waals surface area (Å²) in [5.74, 6) is 0.712. The Balaban J connectivity index is 1.94. The number of amides is 1. The molecule has 2 atom stereocenters. The van der Waals surface area contributed by atoms with Crippen LogP contribution in [0.2, 0.25) is 5.28 Å². The number of hydrogen-bond acceptors (Lipinski definition) is 7. The van der Waals surface area contributed by atoms with Crippen LogP contribution >= 0.6 is 11.6 Å². The van der Waals surface area contributed by atoms with E-state index in [1.165, 1.54) is 0 Å². The van der Waals surface area contributed by atoms with Crippen LogP contribution in [0.4, 0.5) is 16.7 Å². The van der Waals surface area contributed by atoms with Crippen molar-refractivity contribution in [2.45, 2.75) is 45.3 Å². The predicted molar refractivity (Wildman–Crippen MR) is 86.3 cm³/mol. The second kappa shape index (κ2) is 6.19. The molecule has 1 aromatic rings. The summed E-state index contributed by atoms with van der Waals surface area (Å²) in [5.41, 5.74) is 0. The maximum atomic E-state index is 12.3. The van der Waals surface area contributed by atoms with Gasteiger partial charge in [0.05, 0.1) is 18.7 Å². The predicted octanol–water partition coefficient (Wildman–Crippen LogP) is 2.24. The lowest BCUT2D eigenvalue weighted by atomic mass is 10.2. The first-order chi connectivity index (χ1) is 11.0. The van der Waals surface area contributed by atoms with Crippen LogP contribution in [-0.4, -0.2) is 50.8 Å². The number of carbonyl (C=O) groups is 1. The second-order valence-corrected chi connectivity index (χ2v) is 6.01. The van der Waals surface area contributed by atoms with Gasteiger partial charge in [-0.05, 0) is 38.8 Å². The van der Waals surface area contributed by atoms with Gasteiger partial charge in [0, 0.05) is 6.04 Å². The molecule has 1 amide bonds. The molecule has 1 saturated heterocycles. The highest BCUT2D eigenvalue weighted by Crippen LogP contribution is 2.35. The Labute approximate surface area is 139 Å². The highest BCUT2D eigenvalue weighted by atomic mass is 35.5. The molecule has 0 spiro atoms. The molecular weight excluding hydrogens is 320 g/mol. The maximum Gasteiger partial charge on any atom is 0.429 e. The SMILES string of the molecule is CCOC(=O)N1C2C=CC(C2)N1c1nc(Cl)nc(NC(C)C)n1. The van der Waals surface area contributed by atoms with Crippen molar-refractivity contribution in [3.8, 4) is 0 Å². The minimum absolute atomic E-state index is 0.00905. The zero-order chi connectivity index (χ0) is 16.6. The summed E-state index contributed by atoms with van der Waals surface area (Å²) in [6.07, 6.45) is 4.40. The lowest BCUT2D eigenvalue weighted by Crippen LogP contribution is -2.50. The summed E-state index contributed by atoms with van der Waals surface area (Å²) in [7, 11) is 0. The molecule has 9 heteroatoms. The normalized spacial score (nSPS) is 22.1. The topological polar surface area (TPSA) is 83.5 Å². The van der Waals surface area contributed by atoms with E-state index in [4.69, 9.17) is 16.3 Å². The number of hydrogen-bond donors (Lipinski definition) is 1. The minimum atomic E-state index is -0.417. The zero-order valence-electron chi connectivity index (χ0n) is 13.2. The molecule has 23 heavy (non-hydrogen) atoms. The van der Waals surface area contributed by atoms with Gasteiger partial charge in [-0.15, -0.1) is 0 Å². The molecule has 2 unspecified atom stereocenters. The molecule has 2 heterocycles. The first-order valence-electron chi connectivity index (χ1n) is 7.61. The van der Waals surface area contributed by atoms with Gasteiger partial charge in [-0.3, -0.25) is 0 Å². The molecule has 3 rings (SSSR count). The van der Waals surface area contributed by atoms with Gasteiger partial charge in [0.2, 0.25) is 11.2 Å². The first-order valence-corrected chi connectivity index (χ1v) is 7.99. The fraction of sp³-hybridized carbons (Fsp3) is 0.571. The van der Waals surface area contributed by atoms with Gasteiger partial charge in [-0.1, -0.05) is 12.2 Å². The van der Waals surface area contributed by atoms with Gasteiger partial charge < -0.3 is 10.1 Å². The monoisotopic (exact) mass is 338 g/mol. The Kier molecular flexibility index (Phi) is 4.25. The van der Waals surface area contributed by atoms with Crippen LogP contribution < -0.4 is 10.3 Å². The number of hydrazine groups is 1. The van der Waals surface area contributed by atoms with E-state index in [1.54, 1.807) is 16.9 Å². The van der Waals surface area contributed by atoms with E-state index < -0.39 is 6.09 Å². The summed E-state index contributed by atoms with van der Waals surface area (Å²) < 4.78 is 5.15. The van der Waals surface area contributed by atoms with Gasteiger partial charge in [-0.2, -0.15) is 15.0 Å². The van der Waals surface area contributed by atoms with Crippen molar-refractivity contribution in [3.05, 3.63) is 17.4 Å². The zero-order valence-corrected chi connectivity index (χ0v) is 14.0. The molecule has 0 aromatic carbocycles. The number of ether oxygens (including phenoxy) is 1. The Bertz CT molecular complexity index is 638. The molecule has 2 bridgehead atoms. The van der Waals surface area contributed by atoms with Gasteiger partial charge >= 0.3 is 6.09 Å². The number of carbonyl (C=O) groups excluding carboxylic acids is 1. The number of nitrogens with one attached hydrogen (secondary N) is 1. The van der Waals surface area contributed by atoms with E-state index >= 15 is 0 Å². The standard InChI is InChI=1S/C14H19ClN6O2/c1-4-23-14(22)21-10-6-5-9(7-10)20(21)13-18-11(15)17-12(19-13)16-8(2)3/h5-6,8-10H,4,7H2,1-3H3,(H,16,17,18,19). The van der Waals surface area contributed by atoms with Crippen molar-refractivity contribution < 1.29 is 9.53 Å². The molecule has 1 aliphatic heterocycles. The molecule has 124 valence electrons. The maximum absolute atomic E-state index is 12.3. The third-order valence-electron chi connectivity index (χ3n) is 3.57. The lowest BCUT2D eigenvalue weighted by Gasteiger charge is -2.34. The summed E-state index contributed by atoms with van der Waals surface area (Å²) in [5, 5.41) is 6.44. The van der Waals surface area contributed by atoms with E-state index in [0.29, 0.717) is 18.5 Å². The van der Waals surface area contributed by atoms with E-state index in [0.717, 1.165) is 6.42 Å². The highest BCUT2D eigenvalue weighted by Gasteiger charge is 2.46. The van der Waals surface area contributed by atoms with Gasteiger partial charge in [-0.25, -0.2) is 14.8 Å². The molecule has 8 nitrogen and oxygen atoms in total. The number of fused-ring (bicyclic) bond motifs is 2. The lowest BCUT2D eigenvalue weighted by molar-refractivity contribution is 0.102. The minimum Gasteiger partial charge on any atom is -0.448 e. The van der Waals surface area contributed by atoms with Crippen LogP contribution in [0.1, 0.15) is 27.2 Å².